The number of aryl methyl sites for hydroxylation is 1. The molecular formula is C23H21ClN4O2S. The van der Waals surface area contributed by atoms with Crippen molar-refractivity contribution in [2.75, 3.05) is 7.11 Å². The van der Waals surface area contributed by atoms with Crippen LogP contribution in [0.15, 0.2) is 66.3 Å². The zero-order chi connectivity index (χ0) is 21.8. The SMILES string of the molecule is COc1cccc(C(NC(=O)Cc2csc(-c3ccccc3Cl)n2)c2nccn2C)c1. The molecule has 1 unspecified atom stereocenters. The summed E-state index contributed by atoms with van der Waals surface area (Å²) in [6.07, 6.45) is 3.72. The number of rotatable bonds is 7. The number of benzene rings is 2. The molecule has 8 heteroatoms. The number of carbonyl (C=O) groups excluding carboxylic acids is 1. The molecule has 1 atom stereocenters. The van der Waals surface area contributed by atoms with E-state index in [9.17, 15) is 4.79 Å². The number of amides is 1. The molecule has 0 fully saturated rings. The number of imidazole rings is 1. The summed E-state index contributed by atoms with van der Waals surface area (Å²) < 4.78 is 7.24. The zero-order valence-corrected chi connectivity index (χ0v) is 18.7. The van der Waals surface area contributed by atoms with E-state index in [2.05, 4.69) is 15.3 Å². The van der Waals surface area contributed by atoms with Gasteiger partial charge < -0.3 is 14.6 Å². The number of thiazole rings is 1. The van der Waals surface area contributed by atoms with Crippen LogP contribution in [0.5, 0.6) is 5.75 Å². The Kier molecular flexibility index (Phi) is 6.34. The summed E-state index contributed by atoms with van der Waals surface area (Å²) in [5, 5.41) is 6.42. The van der Waals surface area contributed by atoms with Crippen molar-refractivity contribution >= 4 is 28.8 Å². The van der Waals surface area contributed by atoms with Gasteiger partial charge in [-0.2, -0.15) is 0 Å². The van der Waals surface area contributed by atoms with Gasteiger partial charge >= 0.3 is 0 Å². The fourth-order valence-electron chi connectivity index (χ4n) is 3.30. The molecule has 31 heavy (non-hydrogen) atoms. The molecule has 0 aliphatic carbocycles. The smallest absolute Gasteiger partial charge is 0.226 e. The number of aromatic nitrogens is 3. The van der Waals surface area contributed by atoms with Crippen LogP contribution in [0.1, 0.15) is 23.1 Å². The lowest BCUT2D eigenvalue weighted by Gasteiger charge is -2.19. The van der Waals surface area contributed by atoms with Crippen LogP contribution in [0.4, 0.5) is 0 Å². The summed E-state index contributed by atoms with van der Waals surface area (Å²) in [4.78, 5) is 22.0. The van der Waals surface area contributed by atoms with E-state index in [1.807, 2.05) is 71.7 Å². The van der Waals surface area contributed by atoms with Gasteiger partial charge in [0.2, 0.25) is 5.91 Å². The van der Waals surface area contributed by atoms with Crippen LogP contribution in [0, 0.1) is 0 Å². The van der Waals surface area contributed by atoms with Gasteiger partial charge in [0, 0.05) is 30.4 Å². The molecule has 4 rings (SSSR count). The fourth-order valence-corrected chi connectivity index (χ4v) is 4.44. The Labute approximate surface area is 189 Å². The number of carbonyl (C=O) groups is 1. The summed E-state index contributed by atoms with van der Waals surface area (Å²) in [6.45, 7) is 0. The number of nitrogens with zero attached hydrogens (tertiary/aromatic N) is 3. The summed E-state index contributed by atoms with van der Waals surface area (Å²) in [5.74, 6) is 1.30. The van der Waals surface area contributed by atoms with Gasteiger partial charge in [-0.1, -0.05) is 41.9 Å². The van der Waals surface area contributed by atoms with Crippen molar-refractivity contribution in [3.63, 3.8) is 0 Å². The molecule has 2 aromatic carbocycles. The van der Waals surface area contributed by atoms with E-state index in [-0.39, 0.29) is 12.3 Å². The number of hydrogen-bond acceptors (Lipinski definition) is 5. The average Bonchev–Trinajstić information content (AvgIpc) is 3.41. The lowest BCUT2D eigenvalue weighted by Crippen LogP contribution is -2.32. The lowest BCUT2D eigenvalue weighted by atomic mass is 10.1. The molecule has 0 spiro atoms. The van der Waals surface area contributed by atoms with Crippen molar-refractivity contribution in [3.05, 3.63) is 88.4 Å². The Morgan fingerprint density at radius 3 is 2.84 bits per heavy atom. The number of nitrogens with one attached hydrogen (secondary N) is 1. The summed E-state index contributed by atoms with van der Waals surface area (Å²) in [6, 6.07) is 14.7. The quantitative estimate of drug-likeness (QED) is 0.443. The van der Waals surface area contributed by atoms with E-state index in [1.165, 1.54) is 11.3 Å². The largest absolute Gasteiger partial charge is 0.497 e. The Hall–Kier alpha value is -3.16. The minimum Gasteiger partial charge on any atom is -0.497 e. The monoisotopic (exact) mass is 452 g/mol. The van der Waals surface area contributed by atoms with Crippen molar-refractivity contribution in [1.82, 2.24) is 19.9 Å². The van der Waals surface area contributed by atoms with Gasteiger partial charge in [-0.05, 0) is 23.8 Å². The highest BCUT2D eigenvalue weighted by atomic mass is 35.5. The minimum absolute atomic E-state index is 0.146. The van der Waals surface area contributed by atoms with Crippen LogP contribution >= 0.6 is 22.9 Å². The standard InChI is InChI=1S/C23H21ClN4O2S/c1-28-11-10-25-22(28)21(15-6-5-7-17(12-15)30-2)27-20(29)13-16-14-31-23(26-16)18-8-3-4-9-19(18)24/h3-12,14,21H,13H2,1-2H3,(H,27,29). The molecule has 0 radical (unpaired) electrons. The van der Waals surface area contributed by atoms with Crippen LogP contribution < -0.4 is 10.1 Å². The van der Waals surface area contributed by atoms with E-state index in [1.54, 1.807) is 13.3 Å². The maximum absolute atomic E-state index is 12.9. The second-order valence-corrected chi connectivity index (χ2v) is 8.24. The van der Waals surface area contributed by atoms with Gasteiger partial charge in [0.05, 0.1) is 24.2 Å². The van der Waals surface area contributed by atoms with E-state index in [4.69, 9.17) is 16.3 Å². The van der Waals surface area contributed by atoms with E-state index in [0.29, 0.717) is 10.7 Å². The molecule has 158 valence electrons. The predicted octanol–water partition coefficient (Wildman–Crippen LogP) is 4.65. The molecule has 2 heterocycles. The second-order valence-electron chi connectivity index (χ2n) is 6.97. The van der Waals surface area contributed by atoms with Crippen LogP contribution in [0.2, 0.25) is 5.02 Å². The third-order valence-corrected chi connectivity index (χ3v) is 6.10. The predicted molar refractivity (Wildman–Crippen MR) is 122 cm³/mol. The molecular weight excluding hydrogens is 432 g/mol. The molecule has 2 aromatic heterocycles. The number of halogens is 1. The van der Waals surface area contributed by atoms with Gasteiger partial charge in [0.1, 0.15) is 22.6 Å². The summed E-state index contributed by atoms with van der Waals surface area (Å²) >= 11 is 7.75. The molecule has 0 saturated heterocycles. The molecule has 1 amide bonds. The highest BCUT2D eigenvalue weighted by molar-refractivity contribution is 7.13. The Bertz CT molecular complexity index is 1200. The van der Waals surface area contributed by atoms with Crippen LogP contribution in [0.3, 0.4) is 0 Å². The van der Waals surface area contributed by atoms with Gasteiger partial charge in [0.15, 0.2) is 0 Å². The van der Waals surface area contributed by atoms with Crippen LogP contribution in [-0.4, -0.2) is 27.6 Å². The number of methoxy groups -OCH3 is 1. The minimum atomic E-state index is -0.413. The average molecular weight is 453 g/mol. The number of ether oxygens (including phenoxy) is 1. The molecule has 6 nitrogen and oxygen atoms in total. The third-order valence-electron chi connectivity index (χ3n) is 4.85. The van der Waals surface area contributed by atoms with Crippen LogP contribution in [-0.2, 0) is 18.3 Å². The van der Waals surface area contributed by atoms with Crippen molar-refractivity contribution < 1.29 is 9.53 Å². The lowest BCUT2D eigenvalue weighted by molar-refractivity contribution is -0.121. The fraction of sp³-hybridized carbons (Fsp3) is 0.174. The number of hydrogen-bond donors (Lipinski definition) is 1. The Morgan fingerprint density at radius 2 is 2.10 bits per heavy atom. The first-order chi connectivity index (χ1) is 15.0. The zero-order valence-electron chi connectivity index (χ0n) is 17.1. The van der Waals surface area contributed by atoms with Crippen molar-refractivity contribution in [2.24, 2.45) is 7.05 Å². The molecule has 4 aromatic rings. The molecule has 1 N–H and O–H groups in total. The highest BCUT2D eigenvalue weighted by Crippen LogP contribution is 2.30. The van der Waals surface area contributed by atoms with Gasteiger partial charge in [-0.15, -0.1) is 11.3 Å². The van der Waals surface area contributed by atoms with Gasteiger partial charge in [-0.25, -0.2) is 9.97 Å². The second kappa shape index (κ2) is 9.32. The maximum Gasteiger partial charge on any atom is 0.226 e. The maximum atomic E-state index is 12.9. The molecule has 0 bridgehead atoms. The van der Waals surface area contributed by atoms with Gasteiger partial charge in [0.25, 0.3) is 0 Å². The Balaban J connectivity index is 1.55. The van der Waals surface area contributed by atoms with Crippen molar-refractivity contribution in [1.29, 1.82) is 0 Å². The molecule has 0 aliphatic rings. The summed E-state index contributed by atoms with van der Waals surface area (Å²) in [7, 11) is 3.52. The van der Waals surface area contributed by atoms with E-state index >= 15 is 0 Å². The first kappa shape index (κ1) is 21.1. The normalized spacial score (nSPS) is 11.8. The Morgan fingerprint density at radius 1 is 1.26 bits per heavy atom. The topological polar surface area (TPSA) is 69.0 Å². The van der Waals surface area contributed by atoms with Crippen LogP contribution in [0.25, 0.3) is 10.6 Å². The van der Waals surface area contributed by atoms with Crippen molar-refractivity contribution in [2.45, 2.75) is 12.5 Å². The van der Waals surface area contributed by atoms with Crippen molar-refractivity contribution in [3.8, 4) is 16.3 Å². The first-order valence-electron chi connectivity index (χ1n) is 9.65. The van der Waals surface area contributed by atoms with E-state index < -0.39 is 6.04 Å². The third kappa shape index (κ3) is 4.78. The molecule has 0 saturated carbocycles. The highest BCUT2D eigenvalue weighted by Gasteiger charge is 2.22. The van der Waals surface area contributed by atoms with Gasteiger partial charge in [-0.3, -0.25) is 4.79 Å². The molecule has 0 aliphatic heterocycles. The first-order valence-corrected chi connectivity index (χ1v) is 10.9. The summed E-state index contributed by atoms with van der Waals surface area (Å²) in [5.41, 5.74) is 2.45. The van der Waals surface area contributed by atoms with E-state index in [0.717, 1.165) is 27.7 Å².